The number of fused-ring (bicyclic) bond motifs is 11. The van der Waals surface area contributed by atoms with Crippen molar-refractivity contribution in [1.82, 2.24) is 0 Å². The van der Waals surface area contributed by atoms with Crippen LogP contribution in [0.2, 0.25) is 0 Å². The average Bonchev–Trinajstić information content (AvgIpc) is 3.95. The van der Waals surface area contributed by atoms with Crippen LogP contribution in [0.4, 0.5) is 17.1 Å². The highest BCUT2D eigenvalue weighted by Crippen LogP contribution is 2.62. The minimum absolute atomic E-state index is 0.207. The van der Waals surface area contributed by atoms with Crippen molar-refractivity contribution in [3.05, 3.63) is 228 Å². The lowest BCUT2D eigenvalue weighted by Gasteiger charge is -2.29. The van der Waals surface area contributed by atoms with Gasteiger partial charge in [0.2, 0.25) is 0 Å². The third kappa shape index (κ3) is 5.06. The van der Waals surface area contributed by atoms with Gasteiger partial charge in [-0.1, -0.05) is 158 Å². The maximum absolute atomic E-state index is 7.00. The van der Waals surface area contributed by atoms with E-state index in [9.17, 15) is 0 Å². The lowest BCUT2D eigenvalue weighted by Crippen LogP contribution is -2.23. The molecule has 1 aromatic heterocycles. The molecule has 0 amide bonds. The lowest BCUT2D eigenvalue weighted by molar-refractivity contribution is 0.598. The zero-order valence-corrected chi connectivity index (χ0v) is 32.7. The Hall–Kier alpha value is -7.16. The fraction of sp³-hybridized carbons (Fsp3) is 0.0877. The molecule has 8 aromatic carbocycles. The molecule has 1 spiro atoms. The summed E-state index contributed by atoms with van der Waals surface area (Å²) in [5.41, 5.74) is 20.4. The number of allylic oxidation sites excluding steroid dienone is 2. The van der Waals surface area contributed by atoms with Gasteiger partial charge in [0.15, 0.2) is 5.58 Å². The third-order valence-electron chi connectivity index (χ3n) is 13.3. The van der Waals surface area contributed by atoms with Gasteiger partial charge in [0.1, 0.15) is 5.58 Å². The summed E-state index contributed by atoms with van der Waals surface area (Å²) in [6.07, 6.45) is 9.77. The van der Waals surface area contributed by atoms with Crippen LogP contribution in [-0.4, -0.2) is 0 Å². The van der Waals surface area contributed by atoms with Crippen molar-refractivity contribution in [3.63, 3.8) is 0 Å². The first-order chi connectivity index (χ1) is 29.2. The smallest absolute Gasteiger partial charge is 0.159 e. The molecule has 0 radical (unpaired) electrons. The van der Waals surface area contributed by atoms with Crippen LogP contribution in [0.3, 0.4) is 0 Å². The second-order valence-corrected chi connectivity index (χ2v) is 16.4. The minimum atomic E-state index is -0.207. The lowest BCUT2D eigenvalue weighted by atomic mass is 9.72. The van der Waals surface area contributed by atoms with E-state index in [0.717, 1.165) is 69.4 Å². The molecule has 280 valence electrons. The second-order valence-electron chi connectivity index (χ2n) is 16.4. The van der Waals surface area contributed by atoms with Gasteiger partial charge >= 0.3 is 0 Å². The SMILES string of the molecule is C=CC1CC2(c3ccccc3-c3ccc(-c4ccc(N(c5ccc6c(c5)CCC=C6)c5cccc6c5oc5c(-c7ccccc7)cccc56)cc4)cc32)c2ccccc21. The number of aryl methyl sites for hydroxylation is 1. The van der Waals surface area contributed by atoms with Gasteiger partial charge in [-0.05, 0) is 117 Å². The van der Waals surface area contributed by atoms with Crippen LogP contribution < -0.4 is 4.90 Å². The molecule has 2 heteroatoms. The topological polar surface area (TPSA) is 16.4 Å². The van der Waals surface area contributed by atoms with Gasteiger partial charge in [-0.25, -0.2) is 0 Å². The van der Waals surface area contributed by atoms with E-state index < -0.39 is 0 Å². The molecule has 2 nitrogen and oxygen atoms in total. The first-order valence-electron chi connectivity index (χ1n) is 20.9. The third-order valence-corrected chi connectivity index (χ3v) is 13.3. The van der Waals surface area contributed by atoms with E-state index in [1.54, 1.807) is 0 Å². The van der Waals surface area contributed by atoms with Crippen molar-refractivity contribution in [2.75, 3.05) is 4.90 Å². The summed E-state index contributed by atoms with van der Waals surface area (Å²) in [4.78, 5) is 2.38. The van der Waals surface area contributed by atoms with Crippen LogP contribution in [0.5, 0.6) is 0 Å². The highest BCUT2D eigenvalue weighted by Gasteiger charge is 2.50. The number of hydrogen-bond acceptors (Lipinski definition) is 2. The predicted octanol–water partition coefficient (Wildman–Crippen LogP) is 15.3. The molecule has 0 saturated heterocycles. The average molecular weight is 756 g/mol. The number of nitrogens with zero attached hydrogens (tertiary/aromatic N) is 1. The summed E-state index contributed by atoms with van der Waals surface area (Å²) in [5, 5.41) is 2.23. The summed E-state index contributed by atoms with van der Waals surface area (Å²) in [6.45, 7) is 4.29. The molecule has 2 atom stereocenters. The van der Waals surface area contributed by atoms with Crippen molar-refractivity contribution in [3.8, 4) is 33.4 Å². The quantitative estimate of drug-likeness (QED) is 0.157. The molecule has 3 aliphatic carbocycles. The molecule has 9 aromatic rings. The monoisotopic (exact) mass is 755 g/mol. The van der Waals surface area contributed by atoms with E-state index >= 15 is 0 Å². The van der Waals surface area contributed by atoms with E-state index in [1.807, 2.05) is 0 Å². The van der Waals surface area contributed by atoms with Crippen LogP contribution in [0.25, 0.3) is 61.4 Å². The molecule has 0 fully saturated rings. The van der Waals surface area contributed by atoms with Gasteiger partial charge in [0.25, 0.3) is 0 Å². The highest BCUT2D eigenvalue weighted by molar-refractivity contribution is 6.13. The highest BCUT2D eigenvalue weighted by atomic mass is 16.3. The fourth-order valence-electron chi connectivity index (χ4n) is 10.6. The zero-order chi connectivity index (χ0) is 39.1. The van der Waals surface area contributed by atoms with Crippen LogP contribution in [0.15, 0.2) is 199 Å². The van der Waals surface area contributed by atoms with Gasteiger partial charge in [0.05, 0.1) is 5.69 Å². The number of hydrogen-bond donors (Lipinski definition) is 0. The molecule has 1 heterocycles. The van der Waals surface area contributed by atoms with E-state index in [-0.39, 0.29) is 5.41 Å². The van der Waals surface area contributed by atoms with Crippen molar-refractivity contribution in [2.24, 2.45) is 0 Å². The molecule has 3 aliphatic rings. The number of furan rings is 1. The van der Waals surface area contributed by atoms with Gasteiger partial charge in [-0.2, -0.15) is 0 Å². The van der Waals surface area contributed by atoms with Gasteiger partial charge in [0, 0.05) is 39.0 Å². The summed E-state index contributed by atoms with van der Waals surface area (Å²) >= 11 is 0. The Balaban J connectivity index is 1.00. The molecule has 0 aliphatic heterocycles. The van der Waals surface area contributed by atoms with Crippen LogP contribution in [0.1, 0.15) is 52.1 Å². The Bertz CT molecular complexity index is 3170. The first kappa shape index (κ1) is 33.9. The zero-order valence-electron chi connectivity index (χ0n) is 32.7. The Morgan fingerprint density at radius 3 is 2.14 bits per heavy atom. The van der Waals surface area contributed by atoms with Gasteiger partial charge < -0.3 is 9.32 Å². The van der Waals surface area contributed by atoms with E-state index in [2.05, 4.69) is 206 Å². The summed E-state index contributed by atoms with van der Waals surface area (Å²) in [5.74, 6) is 0.305. The van der Waals surface area contributed by atoms with E-state index in [4.69, 9.17) is 4.42 Å². The minimum Gasteiger partial charge on any atom is -0.453 e. The van der Waals surface area contributed by atoms with Crippen LogP contribution in [-0.2, 0) is 11.8 Å². The molecular weight excluding hydrogens is 715 g/mol. The molecule has 0 N–H and O–H groups in total. The maximum Gasteiger partial charge on any atom is 0.159 e. The molecular formula is C57H41NO. The largest absolute Gasteiger partial charge is 0.453 e. The van der Waals surface area contributed by atoms with Crippen LogP contribution >= 0.6 is 0 Å². The Morgan fingerprint density at radius 1 is 0.559 bits per heavy atom. The second kappa shape index (κ2) is 13.2. The standard InChI is InChI=1S/C57H41NO/c1-2-37-36-57(51-23-10-8-18-45(37)51)52-24-11-9-19-47(52)48-33-29-42(35-53(48)57)39-26-30-43(31-27-39)58(44-32-28-38-14-6-7-17-41(38)34-44)54-25-13-22-50-49-21-12-20-46(55(49)59-56(50)54)40-15-4-3-5-16-40/h2-6,8-16,18-35,37H,1,7,17,36H2. The summed E-state index contributed by atoms with van der Waals surface area (Å²) < 4.78 is 7.00. The van der Waals surface area contributed by atoms with Crippen molar-refractivity contribution in [1.29, 1.82) is 0 Å². The van der Waals surface area contributed by atoms with Gasteiger partial charge in [-0.15, -0.1) is 6.58 Å². The van der Waals surface area contributed by atoms with Crippen molar-refractivity contribution in [2.45, 2.75) is 30.6 Å². The van der Waals surface area contributed by atoms with Crippen molar-refractivity contribution < 1.29 is 4.42 Å². The van der Waals surface area contributed by atoms with Crippen LogP contribution in [0, 0.1) is 0 Å². The Labute approximate surface area is 345 Å². The molecule has 59 heavy (non-hydrogen) atoms. The number of para-hydroxylation sites is 2. The summed E-state index contributed by atoms with van der Waals surface area (Å²) in [6, 6.07) is 64.8. The first-order valence-corrected chi connectivity index (χ1v) is 20.9. The molecule has 0 bridgehead atoms. The number of benzene rings is 8. The Kier molecular flexibility index (Phi) is 7.59. The van der Waals surface area contributed by atoms with Gasteiger partial charge in [-0.3, -0.25) is 0 Å². The maximum atomic E-state index is 7.00. The normalized spacial score (nSPS) is 17.2. The molecule has 2 unspecified atom stereocenters. The molecule has 0 saturated carbocycles. The molecule has 12 rings (SSSR count). The van der Waals surface area contributed by atoms with Crippen molar-refractivity contribution >= 4 is 45.1 Å². The Morgan fingerprint density at radius 2 is 1.27 bits per heavy atom. The summed E-state index contributed by atoms with van der Waals surface area (Å²) in [7, 11) is 0. The predicted molar refractivity (Wildman–Crippen MR) is 246 cm³/mol. The number of anilines is 3. The van der Waals surface area contributed by atoms with E-state index in [0.29, 0.717) is 5.92 Å². The number of rotatable bonds is 6. The fourth-order valence-corrected chi connectivity index (χ4v) is 10.6. The van der Waals surface area contributed by atoms with E-state index in [1.165, 1.54) is 55.6 Å².